The second-order valence-electron chi connectivity index (χ2n) is 9.12. The number of benzene rings is 1. The second-order valence-corrected chi connectivity index (χ2v) is 9.12. The summed E-state index contributed by atoms with van der Waals surface area (Å²) in [6, 6.07) is 9.34. The van der Waals surface area contributed by atoms with Crippen molar-refractivity contribution in [1.29, 1.82) is 0 Å². The zero-order valence-corrected chi connectivity index (χ0v) is 23.1. The molecule has 1 aromatic carbocycles. The quantitative estimate of drug-likeness (QED) is 0.221. The molecule has 2 N–H and O–H groups in total. The van der Waals surface area contributed by atoms with E-state index in [2.05, 4.69) is 66.5 Å². The Morgan fingerprint density at radius 2 is 1.97 bits per heavy atom. The lowest BCUT2D eigenvalue weighted by atomic mass is 10.0. The SMILES string of the molecule is CN=C(NCc1cccc(OCCN(C)C2CCOCC2)c1)NC(C)CCCC(C)C.I. The van der Waals surface area contributed by atoms with Crippen LogP contribution in [0.4, 0.5) is 0 Å². The third kappa shape index (κ3) is 11.7. The summed E-state index contributed by atoms with van der Waals surface area (Å²) >= 11 is 0. The standard InChI is InChI=1S/C25H44N4O2.HI/c1-20(2)8-6-9-21(3)28-25(26-4)27-19-22-10-7-11-24(18-22)31-17-14-29(5)23-12-15-30-16-13-23;/h7,10-11,18,20-21,23H,6,8-9,12-17,19H2,1-5H3,(H2,26,27,28);1H. The van der Waals surface area contributed by atoms with E-state index >= 15 is 0 Å². The maximum absolute atomic E-state index is 6.02. The molecule has 1 aromatic rings. The molecule has 2 rings (SSSR count). The Morgan fingerprint density at radius 3 is 2.66 bits per heavy atom. The van der Waals surface area contributed by atoms with Gasteiger partial charge >= 0.3 is 0 Å². The van der Waals surface area contributed by atoms with Crippen molar-refractivity contribution in [3.8, 4) is 5.75 Å². The van der Waals surface area contributed by atoms with Crippen LogP contribution >= 0.6 is 24.0 Å². The van der Waals surface area contributed by atoms with Crippen LogP contribution in [-0.2, 0) is 11.3 Å². The normalized spacial score (nSPS) is 16.0. The molecule has 1 aliphatic rings. The first-order chi connectivity index (χ1) is 15.0. The number of nitrogens with zero attached hydrogens (tertiary/aromatic N) is 2. The first-order valence-electron chi connectivity index (χ1n) is 11.9. The smallest absolute Gasteiger partial charge is 0.191 e. The van der Waals surface area contributed by atoms with Crippen LogP contribution in [0.25, 0.3) is 0 Å². The van der Waals surface area contributed by atoms with E-state index < -0.39 is 0 Å². The summed E-state index contributed by atoms with van der Waals surface area (Å²) < 4.78 is 11.5. The number of rotatable bonds is 12. The minimum absolute atomic E-state index is 0. The fourth-order valence-electron chi connectivity index (χ4n) is 3.88. The lowest BCUT2D eigenvalue weighted by Gasteiger charge is -2.31. The van der Waals surface area contributed by atoms with Crippen LogP contribution < -0.4 is 15.4 Å². The lowest BCUT2D eigenvalue weighted by Crippen LogP contribution is -2.41. The molecule has 0 amide bonds. The van der Waals surface area contributed by atoms with Gasteiger partial charge in [0, 0.05) is 45.4 Å². The Hall–Kier alpha value is -1.06. The summed E-state index contributed by atoms with van der Waals surface area (Å²) in [4.78, 5) is 6.77. The van der Waals surface area contributed by atoms with E-state index in [1.165, 1.54) is 18.4 Å². The number of nitrogens with one attached hydrogen (secondary N) is 2. The molecule has 0 bridgehead atoms. The third-order valence-electron chi connectivity index (χ3n) is 5.91. The first-order valence-corrected chi connectivity index (χ1v) is 11.9. The highest BCUT2D eigenvalue weighted by molar-refractivity contribution is 14.0. The van der Waals surface area contributed by atoms with Gasteiger partial charge < -0.3 is 20.1 Å². The minimum Gasteiger partial charge on any atom is -0.492 e. The zero-order valence-electron chi connectivity index (χ0n) is 20.7. The van der Waals surface area contributed by atoms with E-state index in [-0.39, 0.29) is 24.0 Å². The Morgan fingerprint density at radius 1 is 1.22 bits per heavy atom. The van der Waals surface area contributed by atoms with E-state index in [1.807, 2.05) is 13.1 Å². The van der Waals surface area contributed by atoms with E-state index in [9.17, 15) is 0 Å². The highest BCUT2D eigenvalue weighted by Crippen LogP contribution is 2.15. The molecular weight excluding hydrogens is 515 g/mol. The van der Waals surface area contributed by atoms with E-state index in [1.54, 1.807) is 0 Å². The summed E-state index contributed by atoms with van der Waals surface area (Å²) in [5, 5.41) is 6.92. The van der Waals surface area contributed by atoms with Gasteiger partial charge in [0.25, 0.3) is 0 Å². The van der Waals surface area contributed by atoms with Crippen molar-refractivity contribution in [2.24, 2.45) is 10.9 Å². The summed E-state index contributed by atoms with van der Waals surface area (Å²) in [7, 11) is 4.01. The maximum atomic E-state index is 6.02. The van der Waals surface area contributed by atoms with Gasteiger partial charge in [-0.05, 0) is 56.8 Å². The number of guanidine groups is 1. The van der Waals surface area contributed by atoms with Crippen molar-refractivity contribution < 1.29 is 9.47 Å². The predicted molar refractivity (Wildman–Crippen MR) is 145 cm³/mol. The van der Waals surface area contributed by atoms with Gasteiger partial charge in [0.1, 0.15) is 12.4 Å². The number of hydrogen-bond acceptors (Lipinski definition) is 4. The molecule has 7 heteroatoms. The summed E-state index contributed by atoms with van der Waals surface area (Å²) in [5.74, 6) is 2.53. The van der Waals surface area contributed by atoms with Crippen LogP contribution in [0.2, 0.25) is 0 Å². The fourth-order valence-corrected chi connectivity index (χ4v) is 3.88. The lowest BCUT2D eigenvalue weighted by molar-refractivity contribution is 0.0392. The molecule has 32 heavy (non-hydrogen) atoms. The van der Waals surface area contributed by atoms with E-state index in [0.717, 1.165) is 63.2 Å². The maximum Gasteiger partial charge on any atom is 0.191 e. The molecule has 1 unspecified atom stereocenters. The molecule has 0 aliphatic carbocycles. The third-order valence-corrected chi connectivity index (χ3v) is 5.91. The molecule has 1 fully saturated rings. The molecule has 1 atom stereocenters. The van der Waals surface area contributed by atoms with Crippen molar-refractivity contribution >= 4 is 29.9 Å². The summed E-state index contributed by atoms with van der Waals surface area (Å²) in [5.41, 5.74) is 1.19. The molecule has 184 valence electrons. The number of hydrogen-bond donors (Lipinski definition) is 2. The van der Waals surface area contributed by atoms with Crippen molar-refractivity contribution in [3.63, 3.8) is 0 Å². The van der Waals surface area contributed by atoms with Crippen LogP contribution in [0.15, 0.2) is 29.3 Å². The highest BCUT2D eigenvalue weighted by Gasteiger charge is 2.18. The molecule has 0 spiro atoms. The Kier molecular flexibility index (Phi) is 15.0. The predicted octanol–water partition coefficient (Wildman–Crippen LogP) is 4.67. The largest absolute Gasteiger partial charge is 0.492 e. The van der Waals surface area contributed by atoms with E-state index in [0.29, 0.717) is 18.7 Å². The Bertz CT molecular complexity index is 651. The van der Waals surface area contributed by atoms with Crippen LogP contribution in [-0.4, -0.2) is 63.4 Å². The zero-order chi connectivity index (χ0) is 22.5. The Labute approximate surface area is 212 Å². The highest BCUT2D eigenvalue weighted by atomic mass is 127. The molecule has 0 aromatic heterocycles. The molecule has 1 saturated heterocycles. The van der Waals surface area contributed by atoms with Crippen LogP contribution in [0.5, 0.6) is 5.75 Å². The van der Waals surface area contributed by atoms with Crippen molar-refractivity contribution in [2.75, 3.05) is 40.5 Å². The van der Waals surface area contributed by atoms with Crippen molar-refractivity contribution in [2.45, 2.75) is 71.5 Å². The van der Waals surface area contributed by atoms with Gasteiger partial charge in [-0.1, -0.05) is 38.8 Å². The molecule has 1 aliphatic heterocycles. The first kappa shape index (κ1) is 29.0. The van der Waals surface area contributed by atoms with Gasteiger partial charge in [0.05, 0.1) is 0 Å². The van der Waals surface area contributed by atoms with Gasteiger partial charge in [-0.25, -0.2) is 0 Å². The fraction of sp³-hybridized carbons (Fsp3) is 0.720. The van der Waals surface area contributed by atoms with Crippen LogP contribution in [0.1, 0.15) is 58.4 Å². The van der Waals surface area contributed by atoms with Crippen molar-refractivity contribution in [3.05, 3.63) is 29.8 Å². The van der Waals surface area contributed by atoms with Crippen LogP contribution in [0, 0.1) is 5.92 Å². The average Bonchev–Trinajstić information content (AvgIpc) is 2.77. The van der Waals surface area contributed by atoms with Gasteiger partial charge in [-0.15, -0.1) is 24.0 Å². The second kappa shape index (κ2) is 16.5. The van der Waals surface area contributed by atoms with Crippen LogP contribution in [0.3, 0.4) is 0 Å². The number of ether oxygens (including phenoxy) is 2. The number of halogens is 1. The molecule has 1 heterocycles. The topological polar surface area (TPSA) is 58.1 Å². The number of likely N-dealkylation sites (N-methyl/N-ethyl adjacent to an activating group) is 1. The van der Waals surface area contributed by atoms with Gasteiger partial charge in [-0.3, -0.25) is 9.89 Å². The average molecular weight is 561 g/mol. The summed E-state index contributed by atoms with van der Waals surface area (Å²) in [6.45, 7) is 10.9. The molecule has 0 radical (unpaired) electrons. The van der Waals surface area contributed by atoms with E-state index in [4.69, 9.17) is 9.47 Å². The summed E-state index contributed by atoms with van der Waals surface area (Å²) in [6.07, 6.45) is 5.90. The Balaban J connectivity index is 0.00000512. The van der Waals surface area contributed by atoms with Gasteiger partial charge in [0.2, 0.25) is 0 Å². The van der Waals surface area contributed by atoms with Gasteiger partial charge in [0.15, 0.2) is 5.96 Å². The van der Waals surface area contributed by atoms with Crippen molar-refractivity contribution in [1.82, 2.24) is 15.5 Å². The number of aliphatic imine (C=N–C) groups is 1. The minimum atomic E-state index is 0. The monoisotopic (exact) mass is 560 g/mol. The molecule has 0 saturated carbocycles. The molecular formula is C25H45IN4O2. The molecule has 6 nitrogen and oxygen atoms in total. The van der Waals surface area contributed by atoms with Gasteiger partial charge in [-0.2, -0.15) is 0 Å².